The molecule has 0 saturated heterocycles. The third kappa shape index (κ3) is 3.58. The Bertz CT molecular complexity index is 652. The monoisotopic (exact) mass is 296 g/mol. The van der Waals surface area contributed by atoms with Gasteiger partial charge in [-0.3, -0.25) is 4.79 Å². The molecule has 0 bridgehead atoms. The highest BCUT2D eigenvalue weighted by Crippen LogP contribution is 2.27. The number of benzene rings is 1. The Morgan fingerprint density at radius 3 is 2.70 bits per heavy atom. The molecule has 0 unspecified atom stereocenters. The van der Waals surface area contributed by atoms with E-state index in [0.29, 0.717) is 36.2 Å². The molecule has 1 heterocycles. The van der Waals surface area contributed by atoms with E-state index in [1.807, 2.05) is 0 Å². The van der Waals surface area contributed by atoms with Gasteiger partial charge in [0, 0.05) is 17.7 Å². The number of nitrogens with zero attached hydrogens (tertiary/aromatic N) is 1. The normalized spacial score (nSPS) is 15.8. The van der Waals surface area contributed by atoms with E-state index < -0.39 is 16.0 Å². The molecule has 6 nitrogen and oxygen atoms in total. The topological polar surface area (TPSA) is 89.7 Å². The van der Waals surface area contributed by atoms with Crippen molar-refractivity contribution in [3.8, 4) is 0 Å². The number of fused-ring (bicyclic) bond motifs is 1. The quantitative estimate of drug-likeness (QED) is 0.900. The van der Waals surface area contributed by atoms with E-state index in [1.165, 1.54) is 5.06 Å². The molecule has 7 heteroatoms. The minimum absolute atomic E-state index is 0.356. The fraction of sp³-hybridized carbons (Fsp3) is 0.308. The van der Waals surface area contributed by atoms with Crippen molar-refractivity contribution in [2.45, 2.75) is 12.8 Å². The summed E-state index contributed by atoms with van der Waals surface area (Å²) in [6.45, 7) is 0.356. The molecule has 1 aliphatic heterocycles. The number of para-hydroxylation sites is 1. The van der Waals surface area contributed by atoms with E-state index in [0.717, 1.165) is 6.26 Å². The van der Waals surface area contributed by atoms with Crippen molar-refractivity contribution >= 4 is 27.8 Å². The maximum absolute atomic E-state index is 11.4. The number of carbonyl (C=O) groups excluding carboxylic acids is 1. The van der Waals surface area contributed by atoms with Crippen LogP contribution >= 0.6 is 0 Å². The summed E-state index contributed by atoms with van der Waals surface area (Å²) in [6.07, 6.45) is 3.72. The van der Waals surface area contributed by atoms with E-state index in [1.54, 1.807) is 30.3 Å². The zero-order chi connectivity index (χ0) is 14.8. The van der Waals surface area contributed by atoms with Crippen LogP contribution in [-0.4, -0.2) is 27.1 Å². The molecule has 2 rings (SSSR count). The van der Waals surface area contributed by atoms with Gasteiger partial charge in [-0.2, -0.15) is 8.42 Å². The van der Waals surface area contributed by atoms with Crippen molar-refractivity contribution in [3.63, 3.8) is 0 Å². The molecule has 2 N–H and O–H groups in total. The number of hydroxylamine groups is 1. The smallest absolute Gasteiger partial charge is 0.285 e. The summed E-state index contributed by atoms with van der Waals surface area (Å²) >= 11 is 0. The molecule has 1 aromatic carbocycles. The predicted molar refractivity (Wildman–Crippen MR) is 76.1 cm³/mol. The first-order valence-corrected chi connectivity index (χ1v) is 7.95. The third-order valence-corrected chi connectivity index (χ3v) is 3.34. The molecule has 0 radical (unpaired) electrons. The molecule has 0 spiro atoms. The van der Waals surface area contributed by atoms with Gasteiger partial charge in [-0.15, -0.1) is 4.28 Å². The first-order valence-electron chi connectivity index (χ1n) is 6.13. The Morgan fingerprint density at radius 1 is 1.35 bits per heavy atom. The SMILES string of the molecule is CS(=O)(=O)ON1CCCC(C(N)=O)=Cc2ccccc21. The highest BCUT2D eigenvalue weighted by Gasteiger charge is 2.19. The number of carbonyl (C=O) groups is 1. The van der Waals surface area contributed by atoms with Crippen LogP contribution in [0.4, 0.5) is 5.69 Å². The van der Waals surface area contributed by atoms with Crippen molar-refractivity contribution in [2.75, 3.05) is 17.9 Å². The Kier molecular flexibility index (Phi) is 4.10. The van der Waals surface area contributed by atoms with Gasteiger partial charge in [-0.25, -0.2) is 5.06 Å². The average molecular weight is 296 g/mol. The van der Waals surface area contributed by atoms with Crippen LogP contribution in [0.25, 0.3) is 6.08 Å². The Hall–Kier alpha value is -1.86. The molecule has 1 aromatic rings. The Balaban J connectivity index is 2.46. The van der Waals surface area contributed by atoms with Crippen molar-refractivity contribution < 1.29 is 17.5 Å². The van der Waals surface area contributed by atoms with Crippen molar-refractivity contribution in [2.24, 2.45) is 5.73 Å². The van der Waals surface area contributed by atoms with Gasteiger partial charge >= 0.3 is 0 Å². The first-order chi connectivity index (χ1) is 9.37. The van der Waals surface area contributed by atoms with Gasteiger partial charge in [-0.05, 0) is 25.0 Å². The van der Waals surface area contributed by atoms with E-state index in [9.17, 15) is 13.2 Å². The lowest BCUT2D eigenvalue weighted by Gasteiger charge is -2.25. The van der Waals surface area contributed by atoms with Gasteiger partial charge in [0.25, 0.3) is 10.1 Å². The van der Waals surface area contributed by atoms with Crippen LogP contribution in [0.1, 0.15) is 18.4 Å². The van der Waals surface area contributed by atoms with Crippen LogP contribution in [0.3, 0.4) is 0 Å². The maximum atomic E-state index is 11.4. The van der Waals surface area contributed by atoms with Crippen LogP contribution in [0.15, 0.2) is 29.8 Å². The first kappa shape index (κ1) is 14.5. The van der Waals surface area contributed by atoms with Crippen LogP contribution in [0, 0.1) is 0 Å². The van der Waals surface area contributed by atoms with Crippen LogP contribution < -0.4 is 10.8 Å². The van der Waals surface area contributed by atoms with Crippen LogP contribution in [0.2, 0.25) is 0 Å². The molecular weight excluding hydrogens is 280 g/mol. The molecule has 0 aromatic heterocycles. The summed E-state index contributed by atoms with van der Waals surface area (Å²) in [5.41, 5.74) is 7.15. The summed E-state index contributed by atoms with van der Waals surface area (Å²) in [5.74, 6) is -0.461. The van der Waals surface area contributed by atoms with Gasteiger partial charge in [0.05, 0.1) is 11.9 Å². The Morgan fingerprint density at radius 2 is 2.05 bits per heavy atom. The number of nitrogens with two attached hydrogens (primary N) is 1. The van der Waals surface area contributed by atoms with Crippen molar-refractivity contribution in [3.05, 3.63) is 35.4 Å². The van der Waals surface area contributed by atoms with Crippen molar-refractivity contribution in [1.29, 1.82) is 0 Å². The number of anilines is 1. The molecule has 0 aliphatic carbocycles. The molecule has 0 saturated carbocycles. The summed E-state index contributed by atoms with van der Waals surface area (Å²) < 4.78 is 27.6. The minimum atomic E-state index is -3.61. The van der Waals surface area contributed by atoms with E-state index in [-0.39, 0.29) is 0 Å². The number of hydrogen-bond donors (Lipinski definition) is 1. The van der Waals surface area contributed by atoms with Gasteiger partial charge in [0.2, 0.25) is 5.91 Å². The van der Waals surface area contributed by atoms with Gasteiger partial charge in [0.15, 0.2) is 0 Å². The summed E-state index contributed by atoms with van der Waals surface area (Å²) in [6, 6.07) is 7.09. The zero-order valence-electron chi connectivity index (χ0n) is 11.1. The molecular formula is C13H16N2O4S. The van der Waals surface area contributed by atoms with Gasteiger partial charge in [0.1, 0.15) is 0 Å². The standard InChI is InChI=1S/C13H16N2O4S/c1-20(17,18)19-15-8-4-6-11(13(14)16)9-10-5-2-3-7-12(10)15/h2-3,5,7,9H,4,6,8H2,1H3,(H2,14,16). The molecule has 20 heavy (non-hydrogen) atoms. The number of hydrogen-bond acceptors (Lipinski definition) is 5. The fourth-order valence-electron chi connectivity index (χ4n) is 2.07. The van der Waals surface area contributed by atoms with E-state index >= 15 is 0 Å². The van der Waals surface area contributed by atoms with Gasteiger partial charge in [-0.1, -0.05) is 18.2 Å². The van der Waals surface area contributed by atoms with Crippen LogP contribution in [-0.2, 0) is 19.2 Å². The number of primary amides is 1. The molecule has 0 fully saturated rings. The Labute approximate surface area is 117 Å². The summed E-state index contributed by atoms with van der Waals surface area (Å²) in [4.78, 5) is 11.4. The molecule has 0 atom stereocenters. The molecule has 1 aliphatic rings. The van der Waals surface area contributed by atoms with E-state index in [2.05, 4.69) is 0 Å². The maximum Gasteiger partial charge on any atom is 0.285 e. The second-order valence-electron chi connectivity index (χ2n) is 4.58. The molecule has 108 valence electrons. The summed E-state index contributed by atoms with van der Waals surface area (Å²) in [7, 11) is -3.61. The largest absolute Gasteiger partial charge is 0.366 e. The third-order valence-electron chi connectivity index (χ3n) is 2.88. The van der Waals surface area contributed by atoms with Crippen molar-refractivity contribution in [1.82, 2.24) is 0 Å². The highest BCUT2D eigenvalue weighted by atomic mass is 32.2. The highest BCUT2D eigenvalue weighted by molar-refractivity contribution is 7.86. The number of amides is 1. The van der Waals surface area contributed by atoms with E-state index in [4.69, 9.17) is 10.0 Å². The average Bonchev–Trinajstić information content (AvgIpc) is 2.32. The fourth-order valence-corrected chi connectivity index (χ4v) is 2.55. The lowest BCUT2D eigenvalue weighted by molar-refractivity contribution is -0.114. The number of rotatable bonds is 3. The zero-order valence-corrected chi connectivity index (χ0v) is 11.9. The minimum Gasteiger partial charge on any atom is -0.366 e. The summed E-state index contributed by atoms with van der Waals surface area (Å²) in [5, 5.41) is 1.33. The second-order valence-corrected chi connectivity index (χ2v) is 6.13. The predicted octanol–water partition coefficient (Wildman–Crippen LogP) is 1.05. The second kappa shape index (κ2) is 5.64. The van der Waals surface area contributed by atoms with Gasteiger partial charge < -0.3 is 5.73 Å². The molecule has 1 amide bonds. The lowest BCUT2D eigenvalue weighted by atomic mass is 10.0. The lowest BCUT2D eigenvalue weighted by Crippen LogP contribution is -2.29. The van der Waals surface area contributed by atoms with Crippen LogP contribution in [0.5, 0.6) is 0 Å².